The number of nitrogens with zero attached hydrogens (tertiary/aromatic N) is 1. The number of rotatable bonds is 6. The van der Waals surface area contributed by atoms with Gasteiger partial charge in [-0.2, -0.15) is 0 Å². The molecule has 1 N–H and O–H groups in total. The first-order valence-electron chi connectivity index (χ1n) is 7.90. The summed E-state index contributed by atoms with van der Waals surface area (Å²) in [5.74, 6) is 0. The Morgan fingerprint density at radius 1 is 1.14 bits per heavy atom. The molecule has 0 saturated carbocycles. The second kappa shape index (κ2) is 7.03. The van der Waals surface area contributed by atoms with E-state index in [1.165, 1.54) is 26.2 Å². The van der Waals surface area contributed by atoms with Gasteiger partial charge in [-0.05, 0) is 29.7 Å². The van der Waals surface area contributed by atoms with Crippen LogP contribution in [0.1, 0.15) is 35.7 Å². The van der Waals surface area contributed by atoms with Gasteiger partial charge in [-0.15, -0.1) is 11.3 Å². The van der Waals surface area contributed by atoms with Crippen molar-refractivity contribution in [3.63, 3.8) is 0 Å². The van der Waals surface area contributed by atoms with Gasteiger partial charge in [0.2, 0.25) is 0 Å². The molecule has 0 spiro atoms. The third-order valence-corrected chi connectivity index (χ3v) is 5.06. The molecule has 1 aromatic heterocycles. The average Bonchev–Trinajstić information content (AvgIpc) is 3.00. The van der Waals surface area contributed by atoms with E-state index in [4.69, 9.17) is 0 Å². The van der Waals surface area contributed by atoms with Crippen molar-refractivity contribution in [2.45, 2.75) is 39.3 Å². The molecule has 0 bridgehead atoms. The Morgan fingerprint density at radius 3 is 2.82 bits per heavy atom. The number of fused-ring (bicyclic) bond motifs is 1. The molecule has 2 aromatic carbocycles. The van der Waals surface area contributed by atoms with Crippen LogP contribution in [0, 0.1) is 0 Å². The third kappa shape index (κ3) is 3.54. The van der Waals surface area contributed by atoms with Crippen molar-refractivity contribution in [2.24, 2.45) is 0 Å². The molecule has 3 aromatic rings. The summed E-state index contributed by atoms with van der Waals surface area (Å²) < 4.78 is 0. The summed E-state index contributed by atoms with van der Waals surface area (Å²) in [4.78, 5) is 5.92. The Morgan fingerprint density at radius 2 is 1.95 bits per heavy atom. The van der Waals surface area contributed by atoms with Gasteiger partial charge < -0.3 is 5.32 Å². The molecule has 0 radical (unpaired) electrons. The summed E-state index contributed by atoms with van der Waals surface area (Å²) in [7, 11) is 0. The SMILES string of the molecule is CCC(C)NCc1cnc(Cc2cccc3ccccc23)s1. The highest BCUT2D eigenvalue weighted by Crippen LogP contribution is 2.23. The Balaban J connectivity index is 1.74. The highest BCUT2D eigenvalue weighted by molar-refractivity contribution is 7.11. The quantitative estimate of drug-likeness (QED) is 0.709. The molecule has 2 nitrogen and oxygen atoms in total. The van der Waals surface area contributed by atoms with E-state index in [-0.39, 0.29) is 0 Å². The van der Waals surface area contributed by atoms with Crippen LogP contribution < -0.4 is 5.32 Å². The van der Waals surface area contributed by atoms with Gasteiger partial charge in [0.15, 0.2) is 0 Å². The van der Waals surface area contributed by atoms with Crippen LogP contribution in [0.25, 0.3) is 10.8 Å². The molecular formula is C19H22N2S. The second-order valence-electron chi connectivity index (χ2n) is 5.73. The minimum Gasteiger partial charge on any atom is -0.309 e. The van der Waals surface area contributed by atoms with E-state index < -0.39 is 0 Å². The first-order valence-corrected chi connectivity index (χ1v) is 8.71. The molecular weight excluding hydrogens is 288 g/mol. The largest absolute Gasteiger partial charge is 0.309 e. The van der Waals surface area contributed by atoms with Crippen molar-refractivity contribution in [3.8, 4) is 0 Å². The number of nitrogens with one attached hydrogen (secondary N) is 1. The van der Waals surface area contributed by atoms with Crippen LogP contribution >= 0.6 is 11.3 Å². The maximum absolute atomic E-state index is 4.60. The zero-order valence-electron chi connectivity index (χ0n) is 13.2. The van der Waals surface area contributed by atoms with E-state index in [0.29, 0.717) is 6.04 Å². The van der Waals surface area contributed by atoms with Gasteiger partial charge in [0.05, 0.1) is 5.01 Å². The van der Waals surface area contributed by atoms with Crippen molar-refractivity contribution in [1.82, 2.24) is 10.3 Å². The molecule has 3 heteroatoms. The molecule has 0 fully saturated rings. The standard InChI is InChI=1S/C19H22N2S/c1-3-14(2)20-12-17-13-21-19(22-17)11-16-9-6-8-15-7-4-5-10-18(15)16/h4-10,13-14,20H,3,11-12H2,1-2H3. The van der Waals surface area contributed by atoms with Crippen molar-refractivity contribution in [3.05, 3.63) is 64.1 Å². The van der Waals surface area contributed by atoms with Crippen molar-refractivity contribution in [1.29, 1.82) is 0 Å². The summed E-state index contributed by atoms with van der Waals surface area (Å²) in [6.45, 7) is 5.34. The Bertz CT molecular complexity index is 743. The van der Waals surface area contributed by atoms with Crippen LogP contribution in [0.15, 0.2) is 48.7 Å². The lowest BCUT2D eigenvalue weighted by Gasteiger charge is -2.09. The summed E-state index contributed by atoms with van der Waals surface area (Å²) in [6, 6.07) is 15.6. The van der Waals surface area contributed by atoms with Gasteiger partial charge in [-0.25, -0.2) is 4.98 Å². The Kier molecular flexibility index (Phi) is 4.86. The monoisotopic (exact) mass is 310 g/mol. The number of aromatic nitrogens is 1. The summed E-state index contributed by atoms with van der Waals surface area (Å²) in [5, 5.41) is 7.35. The van der Waals surface area contributed by atoms with Crippen LogP contribution in [-0.2, 0) is 13.0 Å². The molecule has 0 amide bonds. The minimum absolute atomic E-state index is 0.559. The molecule has 0 aliphatic carbocycles. The Hall–Kier alpha value is -1.71. The zero-order valence-corrected chi connectivity index (χ0v) is 14.0. The van der Waals surface area contributed by atoms with Gasteiger partial charge >= 0.3 is 0 Å². The molecule has 0 aliphatic heterocycles. The lowest BCUT2D eigenvalue weighted by atomic mass is 10.0. The van der Waals surface area contributed by atoms with Gasteiger partial charge in [0.1, 0.15) is 0 Å². The molecule has 1 heterocycles. The maximum Gasteiger partial charge on any atom is 0.0972 e. The normalized spacial score (nSPS) is 12.6. The van der Waals surface area contributed by atoms with Gasteiger partial charge in [0, 0.05) is 30.1 Å². The lowest BCUT2D eigenvalue weighted by molar-refractivity contribution is 0.537. The van der Waals surface area contributed by atoms with E-state index in [1.54, 1.807) is 0 Å². The van der Waals surface area contributed by atoms with Crippen LogP contribution in [0.3, 0.4) is 0 Å². The van der Waals surface area contributed by atoms with E-state index >= 15 is 0 Å². The fourth-order valence-corrected chi connectivity index (χ4v) is 3.44. The van der Waals surface area contributed by atoms with Crippen molar-refractivity contribution < 1.29 is 0 Å². The zero-order chi connectivity index (χ0) is 15.4. The smallest absolute Gasteiger partial charge is 0.0972 e. The van der Waals surface area contributed by atoms with E-state index in [9.17, 15) is 0 Å². The van der Waals surface area contributed by atoms with Gasteiger partial charge in [0.25, 0.3) is 0 Å². The molecule has 1 atom stereocenters. The summed E-state index contributed by atoms with van der Waals surface area (Å²) >= 11 is 1.82. The topological polar surface area (TPSA) is 24.9 Å². The molecule has 3 rings (SSSR count). The second-order valence-corrected chi connectivity index (χ2v) is 6.93. The van der Waals surface area contributed by atoms with Gasteiger partial charge in [-0.1, -0.05) is 49.4 Å². The fraction of sp³-hybridized carbons (Fsp3) is 0.316. The molecule has 1 unspecified atom stereocenters. The average molecular weight is 310 g/mol. The summed E-state index contributed by atoms with van der Waals surface area (Å²) in [6.07, 6.45) is 4.08. The minimum atomic E-state index is 0.559. The highest BCUT2D eigenvalue weighted by atomic mass is 32.1. The number of thiazole rings is 1. The Labute approximate surface area is 136 Å². The first kappa shape index (κ1) is 15.2. The number of hydrogen-bond acceptors (Lipinski definition) is 3. The molecule has 0 saturated heterocycles. The van der Waals surface area contributed by atoms with Crippen LogP contribution in [0.2, 0.25) is 0 Å². The first-order chi connectivity index (χ1) is 10.8. The maximum atomic E-state index is 4.60. The third-order valence-electron chi connectivity index (χ3n) is 4.06. The predicted octanol–water partition coefficient (Wildman–Crippen LogP) is 4.78. The summed E-state index contributed by atoms with van der Waals surface area (Å²) in [5.41, 5.74) is 1.36. The van der Waals surface area contributed by atoms with Crippen molar-refractivity contribution in [2.75, 3.05) is 0 Å². The van der Waals surface area contributed by atoms with Crippen LogP contribution in [-0.4, -0.2) is 11.0 Å². The van der Waals surface area contributed by atoms with Crippen molar-refractivity contribution >= 4 is 22.1 Å². The highest BCUT2D eigenvalue weighted by Gasteiger charge is 2.07. The predicted molar refractivity (Wildman–Crippen MR) is 95.5 cm³/mol. The van der Waals surface area contributed by atoms with Crippen LogP contribution in [0.4, 0.5) is 0 Å². The fourth-order valence-electron chi connectivity index (χ4n) is 2.54. The van der Waals surface area contributed by atoms with E-state index in [0.717, 1.165) is 19.4 Å². The van der Waals surface area contributed by atoms with E-state index in [1.807, 2.05) is 17.5 Å². The number of hydrogen-bond donors (Lipinski definition) is 1. The lowest BCUT2D eigenvalue weighted by Crippen LogP contribution is -2.23. The van der Waals surface area contributed by atoms with Gasteiger partial charge in [-0.3, -0.25) is 0 Å². The molecule has 22 heavy (non-hydrogen) atoms. The number of benzene rings is 2. The van der Waals surface area contributed by atoms with Crippen LogP contribution in [0.5, 0.6) is 0 Å². The van der Waals surface area contributed by atoms with E-state index in [2.05, 4.69) is 66.6 Å². The molecule has 114 valence electrons. The molecule has 0 aliphatic rings.